The first-order valence-electron chi connectivity index (χ1n) is 6.71. The van der Waals surface area contributed by atoms with E-state index in [4.69, 9.17) is 0 Å². The topological polar surface area (TPSA) is 41.1 Å². The number of piperidine rings is 1. The molecular weight excluding hydrogens is 305 g/mol. The molecule has 1 aromatic carbocycles. The van der Waals surface area contributed by atoms with Crippen LogP contribution in [0, 0.1) is 23.4 Å². The Balaban J connectivity index is 0.00000220. The van der Waals surface area contributed by atoms with Gasteiger partial charge in [-0.15, -0.1) is 12.4 Å². The first kappa shape index (κ1) is 17.8. The molecule has 21 heavy (non-hydrogen) atoms. The maximum Gasteiger partial charge on any atom is 0.224 e. The highest BCUT2D eigenvalue weighted by Crippen LogP contribution is 2.21. The normalized spacial score (nSPS) is 15.4. The van der Waals surface area contributed by atoms with Crippen molar-refractivity contribution in [2.75, 3.05) is 18.4 Å². The van der Waals surface area contributed by atoms with E-state index in [9.17, 15) is 18.0 Å². The minimum absolute atomic E-state index is 0. The summed E-state index contributed by atoms with van der Waals surface area (Å²) in [5, 5.41) is 5.52. The van der Waals surface area contributed by atoms with Crippen molar-refractivity contribution in [2.24, 2.45) is 5.92 Å². The average Bonchev–Trinajstić information content (AvgIpc) is 2.44. The van der Waals surface area contributed by atoms with E-state index in [1.807, 2.05) is 0 Å². The summed E-state index contributed by atoms with van der Waals surface area (Å²) in [5.41, 5.74) is -0.320. The smallest absolute Gasteiger partial charge is 0.224 e. The number of amides is 1. The lowest BCUT2D eigenvalue weighted by Crippen LogP contribution is -2.28. The number of carbonyl (C=O) groups is 1. The first-order chi connectivity index (χ1) is 9.56. The van der Waals surface area contributed by atoms with Crippen LogP contribution in [0.15, 0.2) is 12.1 Å². The Labute approximate surface area is 127 Å². The number of hydrogen-bond donors (Lipinski definition) is 2. The van der Waals surface area contributed by atoms with Crippen molar-refractivity contribution >= 4 is 24.0 Å². The summed E-state index contributed by atoms with van der Waals surface area (Å²) < 4.78 is 39.1. The van der Waals surface area contributed by atoms with E-state index in [2.05, 4.69) is 10.6 Å². The largest absolute Gasteiger partial charge is 0.324 e. The zero-order chi connectivity index (χ0) is 14.5. The number of anilines is 1. The standard InChI is InChI=1S/C14H17F3N2O.ClH/c15-10-7-12(17)13(8-11(10)16)19-14(20)2-1-9-3-5-18-6-4-9;/h7-9,18H,1-6H2,(H,19,20);1H. The molecule has 0 radical (unpaired) electrons. The highest BCUT2D eigenvalue weighted by Gasteiger charge is 2.16. The van der Waals surface area contributed by atoms with Crippen LogP contribution in [-0.2, 0) is 4.79 Å². The molecule has 0 aliphatic carbocycles. The van der Waals surface area contributed by atoms with Crippen molar-refractivity contribution in [1.29, 1.82) is 0 Å². The molecule has 1 aliphatic rings. The number of nitrogens with one attached hydrogen (secondary N) is 2. The molecule has 7 heteroatoms. The molecule has 1 heterocycles. The third kappa shape index (κ3) is 5.21. The van der Waals surface area contributed by atoms with E-state index < -0.39 is 17.5 Å². The van der Waals surface area contributed by atoms with Gasteiger partial charge in [0.05, 0.1) is 5.69 Å². The van der Waals surface area contributed by atoms with Crippen molar-refractivity contribution in [1.82, 2.24) is 5.32 Å². The summed E-state index contributed by atoms with van der Waals surface area (Å²) >= 11 is 0. The zero-order valence-electron chi connectivity index (χ0n) is 11.4. The second-order valence-electron chi connectivity index (χ2n) is 5.03. The predicted molar refractivity (Wildman–Crippen MR) is 77.0 cm³/mol. The van der Waals surface area contributed by atoms with Gasteiger partial charge in [0.15, 0.2) is 11.6 Å². The van der Waals surface area contributed by atoms with Gasteiger partial charge in [0, 0.05) is 18.6 Å². The van der Waals surface area contributed by atoms with Gasteiger partial charge in [-0.1, -0.05) is 0 Å². The van der Waals surface area contributed by atoms with Gasteiger partial charge in [-0.2, -0.15) is 0 Å². The van der Waals surface area contributed by atoms with Crippen LogP contribution in [0.25, 0.3) is 0 Å². The van der Waals surface area contributed by atoms with Gasteiger partial charge < -0.3 is 10.6 Å². The van der Waals surface area contributed by atoms with Crippen LogP contribution >= 0.6 is 12.4 Å². The Bertz CT molecular complexity index is 493. The van der Waals surface area contributed by atoms with E-state index in [1.165, 1.54) is 0 Å². The van der Waals surface area contributed by atoms with Crippen molar-refractivity contribution < 1.29 is 18.0 Å². The molecule has 0 spiro atoms. The fourth-order valence-electron chi connectivity index (χ4n) is 2.34. The third-order valence-corrected chi connectivity index (χ3v) is 3.52. The second kappa shape index (κ2) is 8.24. The lowest BCUT2D eigenvalue weighted by molar-refractivity contribution is -0.116. The fourth-order valence-corrected chi connectivity index (χ4v) is 2.34. The van der Waals surface area contributed by atoms with Gasteiger partial charge in [-0.3, -0.25) is 4.79 Å². The summed E-state index contributed by atoms with van der Waals surface area (Å²) in [6.07, 6.45) is 3.02. The molecule has 0 unspecified atom stereocenters. The maximum absolute atomic E-state index is 13.4. The number of halogens is 4. The van der Waals surface area contributed by atoms with E-state index in [1.54, 1.807) is 0 Å². The lowest BCUT2D eigenvalue weighted by atomic mass is 9.93. The summed E-state index contributed by atoms with van der Waals surface area (Å²) in [6, 6.07) is 1.09. The minimum atomic E-state index is -1.27. The molecule has 0 bridgehead atoms. The van der Waals surface area contributed by atoms with Crippen LogP contribution in [0.2, 0.25) is 0 Å². The van der Waals surface area contributed by atoms with Crippen LogP contribution < -0.4 is 10.6 Å². The highest BCUT2D eigenvalue weighted by atomic mass is 35.5. The van der Waals surface area contributed by atoms with E-state index >= 15 is 0 Å². The van der Waals surface area contributed by atoms with E-state index in [0.717, 1.165) is 32.4 Å². The Morgan fingerprint density at radius 1 is 1.14 bits per heavy atom. The summed E-state index contributed by atoms with van der Waals surface area (Å²) in [5.74, 6) is -3.32. The second-order valence-corrected chi connectivity index (χ2v) is 5.03. The summed E-state index contributed by atoms with van der Waals surface area (Å²) in [4.78, 5) is 11.7. The highest BCUT2D eigenvalue weighted by molar-refractivity contribution is 5.90. The number of rotatable bonds is 4. The molecule has 2 N–H and O–H groups in total. The molecule has 1 amide bonds. The number of hydrogen-bond acceptors (Lipinski definition) is 2. The van der Waals surface area contributed by atoms with Gasteiger partial charge >= 0.3 is 0 Å². The minimum Gasteiger partial charge on any atom is -0.324 e. The molecule has 1 aromatic rings. The molecule has 118 valence electrons. The van der Waals surface area contributed by atoms with Crippen LogP contribution in [0.5, 0.6) is 0 Å². The predicted octanol–water partition coefficient (Wildman–Crippen LogP) is 3.24. The fraction of sp³-hybridized carbons (Fsp3) is 0.500. The molecular formula is C14H18ClF3N2O. The molecule has 0 atom stereocenters. The molecule has 0 saturated carbocycles. The van der Waals surface area contributed by atoms with Gasteiger partial charge in [-0.05, 0) is 38.3 Å². The monoisotopic (exact) mass is 322 g/mol. The third-order valence-electron chi connectivity index (χ3n) is 3.52. The maximum atomic E-state index is 13.4. The van der Waals surface area contributed by atoms with Gasteiger partial charge in [0.2, 0.25) is 5.91 Å². The van der Waals surface area contributed by atoms with Crippen molar-refractivity contribution in [3.05, 3.63) is 29.6 Å². The quantitative estimate of drug-likeness (QED) is 0.836. The Morgan fingerprint density at radius 3 is 2.43 bits per heavy atom. The molecule has 2 rings (SSSR count). The summed E-state index contributed by atoms with van der Waals surface area (Å²) in [7, 11) is 0. The SMILES string of the molecule is Cl.O=C(CCC1CCNCC1)Nc1cc(F)c(F)cc1F. The molecule has 0 aromatic heterocycles. The van der Waals surface area contributed by atoms with Crippen molar-refractivity contribution in [3.8, 4) is 0 Å². The van der Waals surface area contributed by atoms with Crippen molar-refractivity contribution in [3.63, 3.8) is 0 Å². The Morgan fingerprint density at radius 2 is 1.76 bits per heavy atom. The van der Waals surface area contributed by atoms with Crippen LogP contribution in [0.4, 0.5) is 18.9 Å². The van der Waals surface area contributed by atoms with Crippen molar-refractivity contribution in [2.45, 2.75) is 25.7 Å². The molecule has 1 saturated heterocycles. The number of carbonyl (C=O) groups excluding carboxylic acids is 1. The lowest BCUT2D eigenvalue weighted by Gasteiger charge is -2.22. The van der Waals surface area contributed by atoms with Gasteiger partial charge in [0.25, 0.3) is 0 Å². The van der Waals surface area contributed by atoms with Crippen LogP contribution in [0.1, 0.15) is 25.7 Å². The average molecular weight is 323 g/mol. The Kier molecular flexibility index (Phi) is 6.98. The Hall–Kier alpha value is -1.27. The van der Waals surface area contributed by atoms with E-state index in [-0.39, 0.29) is 30.4 Å². The van der Waals surface area contributed by atoms with Crippen LogP contribution in [-0.4, -0.2) is 19.0 Å². The zero-order valence-corrected chi connectivity index (χ0v) is 12.2. The summed E-state index contributed by atoms with van der Waals surface area (Å²) in [6.45, 7) is 1.90. The van der Waals surface area contributed by atoms with Gasteiger partial charge in [-0.25, -0.2) is 13.2 Å². The van der Waals surface area contributed by atoms with E-state index in [0.29, 0.717) is 18.1 Å². The molecule has 1 fully saturated rings. The molecule has 3 nitrogen and oxygen atoms in total. The van der Waals surface area contributed by atoms with Gasteiger partial charge in [0.1, 0.15) is 5.82 Å². The molecule has 1 aliphatic heterocycles. The first-order valence-corrected chi connectivity index (χ1v) is 6.71. The van der Waals surface area contributed by atoms with Crippen LogP contribution in [0.3, 0.4) is 0 Å². The number of benzene rings is 1.